The first-order valence-electron chi connectivity index (χ1n) is 6.73. The second-order valence-corrected chi connectivity index (χ2v) is 5.00. The van der Waals surface area contributed by atoms with Gasteiger partial charge >= 0.3 is 0 Å². The number of nitrogens with zero attached hydrogens (tertiary/aromatic N) is 4. The topological polar surface area (TPSA) is 63.1 Å². The predicted octanol–water partition coefficient (Wildman–Crippen LogP) is 1.12. The van der Waals surface area contributed by atoms with Crippen LogP contribution in [0.3, 0.4) is 0 Å². The minimum atomic E-state index is 0. The van der Waals surface area contributed by atoms with Crippen LogP contribution in [0.15, 0.2) is 36.7 Å². The third-order valence-corrected chi connectivity index (χ3v) is 3.46. The van der Waals surface area contributed by atoms with Crippen LogP contribution < -0.4 is 5.32 Å². The summed E-state index contributed by atoms with van der Waals surface area (Å²) in [4.78, 5) is 14.3. The van der Waals surface area contributed by atoms with Gasteiger partial charge in [0, 0.05) is 31.2 Å². The molecule has 112 valence electrons. The minimum absolute atomic E-state index is 0. The van der Waals surface area contributed by atoms with E-state index in [2.05, 4.69) is 22.6 Å². The molecule has 1 aliphatic heterocycles. The molecule has 1 aliphatic rings. The van der Waals surface area contributed by atoms with Crippen LogP contribution in [-0.2, 0) is 0 Å². The van der Waals surface area contributed by atoms with E-state index in [1.165, 1.54) is 0 Å². The van der Waals surface area contributed by atoms with Crippen LogP contribution in [0, 0.1) is 0 Å². The molecule has 0 unspecified atom stereocenters. The molecule has 21 heavy (non-hydrogen) atoms. The van der Waals surface area contributed by atoms with Gasteiger partial charge in [0.15, 0.2) is 0 Å². The lowest BCUT2D eigenvalue weighted by Gasteiger charge is -2.32. The van der Waals surface area contributed by atoms with Gasteiger partial charge in [-0.15, -0.1) is 17.5 Å². The van der Waals surface area contributed by atoms with E-state index in [0.717, 1.165) is 25.3 Å². The molecule has 1 fully saturated rings. The first kappa shape index (κ1) is 15.5. The summed E-state index contributed by atoms with van der Waals surface area (Å²) in [6, 6.07) is 7.79. The lowest BCUT2D eigenvalue weighted by atomic mass is 10.1. The highest BCUT2D eigenvalue weighted by atomic mass is 35.5. The maximum Gasteiger partial charge on any atom is 0.253 e. The molecule has 6 nitrogen and oxygen atoms in total. The zero-order valence-corrected chi connectivity index (χ0v) is 12.6. The van der Waals surface area contributed by atoms with Gasteiger partial charge in [0.2, 0.25) is 0 Å². The Hall–Kier alpha value is -1.92. The number of nitrogens with one attached hydrogen (secondary N) is 1. The summed E-state index contributed by atoms with van der Waals surface area (Å²) in [5.74, 6) is 0.0866. The van der Waals surface area contributed by atoms with Crippen molar-refractivity contribution >= 4 is 18.3 Å². The van der Waals surface area contributed by atoms with E-state index >= 15 is 0 Å². The lowest BCUT2D eigenvalue weighted by molar-refractivity contribution is 0.0709. The molecular weight excluding hydrogens is 290 g/mol. The van der Waals surface area contributed by atoms with Crippen molar-refractivity contribution in [3.8, 4) is 5.69 Å². The largest absolute Gasteiger partial charge is 0.336 e. The van der Waals surface area contributed by atoms with E-state index in [1.54, 1.807) is 17.1 Å². The number of aromatic nitrogens is 3. The Morgan fingerprint density at radius 1 is 1.33 bits per heavy atom. The van der Waals surface area contributed by atoms with E-state index in [1.807, 2.05) is 29.2 Å². The summed E-state index contributed by atoms with van der Waals surface area (Å²) in [5, 5.41) is 11.0. The number of amides is 1. The highest BCUT2D eigenvalue weighted by Crippen LogP contribution is 2.11. The molecule has 7 heteroatoms. The summed E-state index contributed by atoms with van der Waals surface area (Å²) in [6.07, 6.45) is 3.40. The zero-order valence-electron chi connectivity index (χ0n) is 11.8. The molecule has 0 bridgehead atoms. The molecule has 0 spiro atoms. The molecular formula is C14H18ClN5O. The molecule has 1 N–H and O–H groups in total. The van der Waals surface area contributed by atoms with Crippen LogP contribution in [0.1, 0.15) is 17.3 Å². The maximum absolute atomic E-state index is 12.4. The Morgan fingerprint density at radius 3 is 2.71 bits per heavy atom. The fourth-order valence-electron chi connectivity index (χ4n) is 2.40. The Kier molecular flexibility index (Phi) is 4.93. The second kappa shape index (κ2) is 6.69. The van der Waals surface area contributed by atoms with Gasteiger partial charge in [-0.05, 0) is 31.2 Å². The summed E-state index contributed by atoms with van der Waals surface area (Å²) < 4.78 is 1.67. The number of hydrogen-bond acceptors (Lipinski definition) is 4. The number of benzene rings is 1. The SMILES string of the molecule is C[C@@H]1CN(C(=O)c2ccc(-n3ccnn3)cc2)CCN1.Cl. The van der Waals surface area contributed by atoms with Crippen molar-refractivity contribution in [2.24, 2.45) is 0 Å². The Morgan fingerprint density at radius 2 is 2.10 bits per heavy atom. The standard InChI is InChI=1S/C14H17N5O.ClH/c1-11-10-18(8-6-15-11)14(20)12-2-4-13(5-3-12)19-9-7-16-17-19;/h2-5,7,9,11,15H,6,8,10H2,1H3;1H/t11-;/m1./s1. The molecule has 1 atom stereocenters. The molecule has 0 aliphatic carbocycles. The van der Waals surface area contributed by atoms with Crippen LogP contribution in [0.5, 0.6) is 0 Å². The average Bonchev–Trinajstić information content (AvgIpc) is 3.01. The number of carbonyl (C=O) groups excluding carboxylic acids is 1. The number of halogens is 1. The number of hydrogen-bond donors (Lipinski definition) is 1. The van der Waals surface area contributed by atoms with Crippen LogP contribution in [0.4, 0.5) is 0 Å². The van der Waals surface area contributed by atoms with Crippen LogP contribution in [0.25, 0.3) is 5.69 Å². The van der Waals surface area contributed by atoms with Crippen molar-refractivity contribution in [1.29, 1.82) is 0 Å². The minimum Gasteiger partial charge on any atom is -0.336 e. The first-order valence-corrected chi connectivity index (χ1v) is 6.73. The van der Waals surface area contributed by atoms with Crippen molar-refractivity contribution in [1.82, 2.24) is 25.2 Å². The van der Waals surface area contributed by atoms with Gasteiger partial charge in [-0.25, -0.2) is 4.68 Å². The van der Waals surface area contributed by atoms with Crippen molar-refractivity contribution in [3.63, 3.8) is 0 Å². The molecule has 1 amide bonds. The van der Waals surface area contributed by atoms with Crippen LogP contribution in [-0.4, -0.2) is 51.5 Å². The van der Waals surface area contributed by atoms with Crippen molar-refractivity contribution in [2.45, 2.75) is 13.0 Å². The van der Waals surface area contributed by atoms with E-state index in [0.29, 0.717) is 11.6 Å². The summed E-state index contributed by atoms with van der Waals surface area (Å²) >= 11 is 0. The highest BCUT2D eigenvalue weighted by molar-refractivity contribution is 5.94. The maximum atomic E-state index is 12.4. The van der Waals surface area contributed by atoms with Crippen LogP contribution >= 0.6 is 12.4 Å². The van der Waals surface area contributed by atoms with Gasteiger partial charge < -0.3 is 10.2 Å². The molecule has 1 aromatic carbocycles. The van der Waals surface area contributed by atoms with E-state index < -0.39 is 0 Å². The van der Waals surface area contributed by atoms with E-state index in [9.17, 15) is 4.79 Å². The normalized spacial score (nSPS) is 18.1. The summed E-state index contributed by atoms with van der Waals surface area (Å²) in [5.41, 5.74) is 1.61. The molecule has 0 radical (unpaired) electrons. The monoisotopic (exact) mass is 307 g/mol. The fourth-order valence-corrected chi connectivity index (χ4v) is 2.40. The number of carbonyl (C=O) groups is 1. The van der Waals surface area contributed by atoms with Gasteiger partial charge in [0.25, 0.3) is 5.91 Å². The molecule has 2 aromatic rings. The summed E-state index contributed by atoms with van der Waals surface area (Å²) in [7, 11) is 0. The van der Waals surface area contributed by atoms with Crippen molar-refractivity contribution in [2.75, 3.05) is 19.6 Å². The molecule has 3 rings (SSSR count). The average molecular weight is 308 g/mol. The molecule has 2 heterocycles. The Balaban J connectivity index is 0.00000161. The zero-order chi connectivity index (χ0) is 13.9. The molecule has 0 saturated carbocycles. The highest BCUT2D eigenvalue weighted by Gasteiger charge is 2.21. The van der Waals surface area contributed by atoms with Crippen LogP contribution in [0.2, 0.25) is 0 Å². The van der Waals surface area contributed by atoms with Gasteiger partial charge in [-0.2, -0.15) is 0 Å². The van der Waals surface area contributed by atoms with Gasteiger partial charge in [-0.3, -0.25) is 4.79 Å². The van der Waals surface area contributed by atoms with Crippen molar-refractivity contribution in [3.05, 3.63) is 42.2 Å². The lowest BCUT2D eigenvalue weighted by Crippen LogP contribution is -2.51. The first-order chi connectivity index (χ1) is 9.74. The summed E-state index contributed by atoms with van der Waals surface area (Å²) in [6.45, 7) is 4.45. The molecule has 1 aromatic heterocycles. The van der Waals surface area contributed by atoms with Crippen molar-refractivity contribution < 1.29 is 4.79 Å². The van der Waals surface area contributed by atoms with E-state index in [4.69, 9.17) is 0 Å². The molecule has 1 saturated heterocycles. The van der Waals surface area contributed by atoms with E-state index in [-0.39, 0.29) is 18.3 Å². The van der Waals surface area contributed by atoms with Gasteiger partial charge in [-0.1, -0.05) is 5.21 Å². The quantitative estimate of drug-likeness (QED) is 0.903. The smallest absolute Gasteiger partial charge is 0.253 e. The van der Waals surface area contributed by atoms with Gasteiger partial charge in [0.05, 0.1) is 18.1 Å². The second-order valence-electron chi connectivity index (χ2n) is 5.00. The number of rotatable bonds is 2. The number of piperazine rings is 1. The third kappa shape index (κ3) is 3.40. The Labute approximate surface area is 129 Å². The van der Waals surface area contributed by atoms with Gasteiger partial charge in [0.1, 0.15) is 0 Å². The predicted molar refractivity (Wildman–Crippen MR) is 82.0 cm³/mol. The Bertz CT molecular complexity index is 584. The fraction of sp³-hybridized carbons (Fsp3) is 0.357. The third-order valence-electron chi connectivity index (χ3n) is 3.46.